The highest BCUT2D eigenvalue weighted by atomic mass is 32.2. The second-order valence-electron chi connectivity index (χ2n) is 4.85. The molecule has 1 aliphatic heterocycles. The highest BCUT2D eigenvalue weighted by molar-refractivity contribution is 8.14. The Bertz CT molecular complexity index is 593. The third-order valence-electron chi connectivity index (χ3n) is 3.26. The molecule has 1 saturated heterocycles. The quantitative estimate of drug-likeness (QED) is 0.939. The fraction of sp³-hybridized carbons (Fsp3) is 0.250. The van der Waals surface area contributed by atoms with E-state index in [4.69, 9.17) is 0 Å². The van der Waals surface area contributed by atoms with E-state index in [1.165, 1.54) is 5.56 Å². The van der Waals surface area contributed by atoms with Crippen molar-refractivity contribution in [1.82, 2.24) is 10.3 Å². The van der Waals surface area contributed by atoms with Crippen molar-refractivity contribution in [3.05, 3.63) is 65.5 Å². The van der Waals surface area contributed by atoms with E-state index in [0.717, 1.165) is 22.2 Å². The number of rotatable bonds is 3. The summed E-state index contributed by atoms with van der Waals surface area (Å²) in [6.07, 6.45) is 1.90. The molecule has 4 heteroatoms. The molecular weight excluding hydrogens is 266 g/mol. The zero-order valence-corrected chi connectivity index (χ0v) is 12.2. The molecule has 0 amide bonds. The largest absolute Gasteiger partial charge is 0.357 e. The summed E-state index contributed by atoms with van der Waals surface area (Å²) in [6.45, 7) is 2.68. The Morgan fingerprint density at radius 1 is 1.25 bits per heavy atom. The molecule has 102 valence electrons. The Labute approximate surface area is 123 Å². The van der Waals surface area contributed by atoms with Crippen LogP contribution in [-0.4, -0.2) is 15.9 Å². The highest BCUT2D eigenvalue weighted by Gasteiger charge is 2.21. The summed E-state index contributed by atoms with van der Waals surface area (Å²) in [7, 11) is 0. The topological polar surface area (TPSA) is 37.3 Å². The summed E-state index contributed by atoms with van der Waals surface area (Å²) in [4.78, 5) is 8.92. The first-order valence-electron chi connectivity index (χ1n) is 6.71. The molecule has 1 aromatic heterocycles. The van der Waals surface area contributed by atoms with Gasteiger partial charge in [-0.2, -0.15) is 0 Å². The van der Waals surface area contributed by atoms with E-state index in [9.17, 15) is 0 Å². The lowest BCUT2D eigenvalue weighted by Gasteiger charge is -2.09. The molecule has 20 heavy (non-hydrogen) atoms. The van der Waals surface area contributed by atoms with Crippen molar-refractivity contribution in [2.24, 2.45) is 4.99 Å². The first-order chi connectivity index (χ1) is 9.81. The Kier molecular flexibility index (Phi) is 4.02. The molecule has 2 heterocycles. The van der Waals surface area contributed by atoms with Crippen molar-refractivity contribution < 1.29 is 0 Å². The minimum Gasteiger partial charge on any atom is -0.357 e. The monoisotopic (exact) mass is 283 g/mol. The van der Waals surface area contributed by atoms with Crippen LogP contribution in [0.2, 0.25) is 0 Å². The van der Waals surface area contributed by atoms with Crippen molar-refractivity contribution in [2.45, 2.75) is 19.5 Å². The van der Waals surface area contributed by atoms with Crippen molar-refractivity contribution in [2.75, 3.05) is 5.75 Å². The lowest BCUT2D eigenvalue weighted by atomic mass is 10.1. The van der Waals surface area contributed by atoms with E-state index in [1.807, 2.05) is 25.3 Å². The van der Waals surface area contributed by atoms with Crippen LogP contribution >= 0.6 is 11.8 Å². The van der Waals surface area contributed by atoms with Gasteiger partial charge in [0.1, 0.15) is 0 Å². The molecule has 1 N–H and O–H groups in total. The first kappa shape index (κ1) is 13.2. The van der Waals surface area contributed by atoms with Crippen LogP contribution in [0, 0.1) is 6.92 Å². The van der Waals surface area contributed by atoms with Gasteiger partial charge in [-0.3, -0.25) is 9.98 Å². The summed E-state index contributed by atoms with van der Waals surface area (Å²) in [5.74, 6) is 1.04. The van der Waals surface area contributed by atoms with E-state index in [2.05, 4.69) is 45.6 Å². The van der Waals surface area contributed by atoms with Crippen LogP contribution in [0.1, 0.15) is 22.9 Å². The van der Waals surface area contributed by atoms with Gasteiger partial charge in [0.15, 0.2) is 5.17 Å². The second kappa shape index (κ2) is 6.09. The molecule has 1 fully saturated rings. The summed E-state index contributed by atoms with van der Waals surface area (Å²) in [5, 5.41) is 4.51. The number of hydrogen-bond acceptors (Lipinski definition) is 3. The van der Waals surface area contributed by atoms with Crippen LogP contribution in [0.15, 0.2) is 53.7 Å². The molecule has 1 aliphatic rings. The number of pyridine rings is 1. The van der Waals surface area contributed by atoms with Crippen molar-refractivity contribution in [3.8, 4) is 0 Å². The van der Waals surface area contributed by atoms with Gasteiger partial charge in [0.2, 0.25) is 0 Å². The number of aromatic nitrogens is 1. The van der Waals surface area contributed by atoms with Crippen LogP contribution in [0.5, 0.6) is 0 Å². The summed E-state index contributed by atoms with van der Waals surface area (Å²) < 4.78 is 0. The average Bonchev–Trinajstić information content (AvgIpc) is 2.97. The molecule has 3 rings (SSSR count). The minimum atomic E-state index is 0.371. The first-order valence-corrected chi connectivity index (χ1v) is 7.70. The minimum absolute atomic E-state index is 0.371. The SMILES string of the molecule is Cc1ccc(CN=C2NC(c3ccccc3)CS2)cn1. The lowest BCUT2D eigenvalue weighted by Crippen LogP contribution is -2.19. The Balaban J connectivity index is 1.62. The molecule has 0 saturated carbocycles. The molecule has 2 aromatic rings. The van der Waals surface area contributed by atoms with Crippen LogP contribution in [-0.2, 0) is 6.54 Å². The van der Waals surface area contributed by atoms with Crippen molar-refractivity contribution in [3.63, 3.8) is 0 Å². The predicted octanol–water partition coefficient (Wildman–Crippen LogP) is 3.32. The highest BCUT2D eigenvalue weighted by Crippen LogP contribution is 2.26. The normalized spacial score (nSPS) is 20.1. The molecule has 1 unspecified atom stereocenters. The number of nitrogens with zero attached hydrogens (tertiary/aromatic N) is 2. The van der Waals surface area contributed by atoms with Gasteiger partial charge in [-0.25, -0.2) is 0 Å². The van der Waals surface area contributed by atoms with Crippen LogP contribution < -0.4 is 5.32 Å². The number of hydrogen-bond donors (Lipinski definition) is 1. The van der Waals surface area contributed by atoms with E-state index < -0.39 is 0 Å². The number of thioether (sulfide) groups is 1. The van der Waals surface area contributed by atoms with Crippen LogP contribution in [0.25, 0.3) is 0 Å². The maximum Gasteiger partial charge on any atom is 0.157 e. The molecule has 1 aromatic carbocycles. The average molecular weight is 283 g/mol. The Morgan fingerprint density at radius 3 is 2.85 bits per heavy atom. The van der Waals surface area contributed by atoms with E-state index in [1.54, 1.807) is 11.8 Å². The van der Waals surface area contributed by atoms with Crippen LogP contribution in [0.3, 0.4) is 0 Å². The number of amidine groups is 1. The number of aliphatic imine (C=N–C) groups is 1. The molecular formula is C16H17N3S. The summed E-state index contributed by atoms with van der Waals surface area (Å²) in [5.41, 5.74) is 3.51. The fourth-order valence-corrected chi connectivity index (χ4v) is 3.09. The van der Waals surface area contributed by atoms with Gasteiger partial charge in [-0.15, -0.1) is 0 Å². The van der Waals surface area contributed by atoms with Gasteiger partial charge in [0.25, 0.3) is 0 Å². The van der Waals surface area contributed by atoms with Gasteiger partial charge < -0.3 is 5.32 Å². The molecule has 1 atom stereocenters. The number of benzene rings is 1. The molecule has 0 bridgehead atoms. The molecule has 0 spiro atoms. The van der Waals surface area contributed by atoms with Gasteiger partial charge in [0.05, 0.1) is 12.6 Å². The zero-order chi connectivity index (χ0) is 13.8. The maximum atomic E-state index is 4.63. The van der Waals surface area contributed by atoms with Crippen molar-refractivity contribution in [1.29, 1.82) is 0 Å². The standard InChI is InChI=1S/C16H17N3S/c1-12-7-8-13(9-17-12)10-18-16-19-15(11-20-16)14-5-3-2-4-6-14/h2-9,15H,10-11H2,1H3,(H,18,19). The third kappa shape index (κ3) is 3.20. The Hall–Kier alpha value is -1.81. The number of nitrogens with one attached hydrogen (secondary N) is 1. The van der Waals surface area contributed by atoms with Crippen LogP contribution in [0.4, 0.5) is 0 Å². The number of aryl methyl sites for hydroxylation is 1. The van der Waals surface area contributed by atoms with Crippen molar-refractivity contribution >= 4 is 16.9 Å². The molecule has 0 radical (unpaired) electrons. The van der Waals surface area contributed by atoms with Gasteiger partial charge in [0, 0.05) is 17.6 Å². The molecule has 3 nitrogen and oxygen atoms in total. The third-order valence-corrected chi connectivity index (χ3v) is 4.28. The Morgan fingerprint density at radius 2 is 2.10 bits per heavy atom. The predicted molar refractivity (Wildman–Crippen MR) is 84.9 cm³/mol. The summed E-state index contributed by atoms with van der Waals surface area (Å²) in [6, 6.07) is 15.0. The lowest BCUT2D eigenvalue weighted by molar-refractivity contribution is 0.748. The van der Waals surface area contributed by atoms with Gasteiger partial charge in [-0.05, 0) is 24.1 Å². The smallest absolute Gasteiger partial charge is 0.157 e. The van der Waals surface area contributed by atoms with E-state index in [-0.39, 0.29) is 0 Å². The maximum absolute atomic E-state index is 4.63. The van der Waals surface area contributed by atoms with Gasteiger partial charge in [-0.1, -0.05) is 48.2 Å². The zero-order valence-electron chi connectivity index (χ0n) is 11.4. The summed E-state index contributed by atoms with van der Waals surface area (Å²) >= 11 is 1.79. The molecule has 0 aliphatic carbocycles. The van der Waals surface area contributed by atoms with E-state index >= 15 is 0 Å². The van der Waals surface area contributed by atoms with E-state index in [0.29, 0.717) is 12.6 Å². The second-order valence-corrected chi connectivity index (χ2v) is 5.86. The van der Waals surface area contributed by atoms with Gasteiger partial charge >= 0.3 is 0 Å². The fourth-order valence-electron chi connectivity index (χ4n) is 2.11.